The lowest BCUT2D eigenvalue weighted by Gasteiger charge is -2.72. The molecule has 27 N–H and O–H groups in total. The van der Waals surface area contributed by atoms with Gasteiger partial charge < -0.3 is 223 Å². The van der Waals surface area contributed by atoms with E-state index in [1.165, 1.54) is 32.9 Å². The van der Waals surface area contributed by atoms with E-state index in [1.54, 1.807) is 20.8 Å². The molecule has 49 nitrogen and oxygen atoms in total. The summed E-state index contributed by atoms with van der Waals surface area (Å²) in [6.45, 7) is 20.3. The van der Waals surface area contributed by atoms with Crippen LogP contribution in [0.25, 0.3) is 0 Å². The number of carbonyl (C=O) groups excluding carboxylic acids is 2. The molecule has 14 rings (SSSR count). The summed E-state index contributed by atoms with van der Waals surface area (Å²) in [6.07, 6.45) is -79.8. The predicted octanol–water partition coefficient (Wildman–Crippen LogP) is -9.62. The van der Waals surface area contributed by atoms with Gasteiger partial charge in [0.2, 0.25) is 12.6 Å². The summed E-state index contributed by atoms with van der Waals surface area (Å²) in [5.74, 6) is -4.09. The quantitative estimate of drug-likeness (QED) is 0.00864. The summed E-state index contributed by atoms with van der Waals surface area (Å²) in [7, 11) is 0. The molecule has 0 aromatic rings. The van der Waals surface area contributed by atoms with E-state index in [0.717, 1.165) is 0 Å². The van der Waals surface area contributed by atoms with Gasteiger partial charge in [0.25, 0.3) is 0 Å². The summed E-state index contributed by atoms with van der Waals surface area (Å²) in [5, 5.41) is 299. The van der Waals surface area contributed by atoms with Gasteiger partial charge in [0.15, 0.2) is 75.1 Å². The number of carbonyl (C=O) groups is 2. The zero-order valence-corrected chi connectivity index (χ0v) is 78.2. The van der Waals surface area contributed by atoms with Crippen LogP contribution in [0.1, 0.15) is 140 Å². The van der Waals surface area contributed by atoms with Crippen molar-refractivity contribution in [2.45, 2.75) is 429 Å². The summed E-state index contributed by atoms with van der Waals surface area (Å²) in [6, 6.07) is 0. The number of fused-ring (bicyclic) bond motifs is 7. The average Bonchev–Trinajstić information content (AvgIpc) is 0.688. The summed E-state index contributed by atoms with van der Waals surface area (Å²) in [5.41, 5.74) is -7.96. The first-order valence-electron chi connectivity index (χ1n) is 47.0. The molecule has 0 spiro atoms. The third-order valence-electron chi connectivity index (χ3n) is 32.6. The van der Waals surface area contributed by atoms with Crippen molar-refractivity contribution in [2.24, 2.45) is 50.2 Å². The molecule has 0 amide bonds. The van der Waals surface area contributed by atoms with Crippen molar-refractivity contribution >= 4 is 11.9 Å². The second-order valence-corrected chi connectivity index (χ2v) is 41.9. The van der Waals surface area contributed by atoms with Crippen LogP contribution in [0.2, 0.25) is 0 Å². The Balaban J connectivity index is 0.762. The average molecular weight is 2000 g/mol. The molecule has 138 heavy (non-hydrogen) atoms. The van der Waals surface area contributed by atoms with Crippen molar-refractivity contribution in [2.75, 3.05) is 26.4 Å². The van der Waals surface area contributed by atoms with Gasteiger partial charge in [-0.1, -0.05) is 72.3 Å². The van der Waals surface area contributed by atoms with Crippen LogP contribution in [0.5, 0.6) is 0 Å². The monoisotopic (exact) mass is 1990 g/mol. The van der Waals surface area contributed by atoms with Gasteiger partial charge in [-0.15, -0.1) is 6.58 Å². The molecule has 792 valence electrons. The van der Waals surface area contributed by atoms with Crippen molar-refractivity contribution < 1.29 is 243 Å². The standard InChI is InChI=1S/C89H142O49/c1-13-85(9,136-77-60(110)49(99)44(94)30(2)121-77)20-14-15-33(26-90)69(114)126-43-25-89(82(118)135-80-67(54(104)56(106)71(116)134-80)131-76-63(113)65(129-74-59(109)51(101)55(105)70(115)132-74)64(32(4)123-76)128-75-62(112)57(107)72(117)133-75)35(23-83(43,5)6)34-16-17-40-86(10)21-19-42(84(7,8)39(86)18-22-87(40,11)88(34,12)24-41(89)93)127-81-68(137-138-78-61(111)50(100)47(97)37(27-91)124-78)53(103)48(98)38(125-81)29-120-79-66(52(102)45(95)31(3)122-79)130-73-58(108)46(96)36(92)28-119-73/h13,15-16,30-32,35-68,70-81,90-113,115-117H,1,14,17-29H2,2-12H3. The van der Waals surface area contributed by atoms with Crippen molar-refractivity contribution in [1.82, 2.24) is 0 Å². The number of hydrogen-bond donors (Lipinski definition) is 27. The van der Waals surface area contributed by atoms with E-state index in [0.29, 0.717) is 31.3 Å². The molecule has 0 radical (unpaired) electrons. The normalized spacial score (nSPS) is 52.4. The van der Waals surface area contributed by atoms with Crippen LogP contribution in [0.3, 0.4) is 0 Å². The van der Waals surface area contributed by atoms with Gasteiger partial charge in [0.05, 0.1) is 68.1 Å². The first-order valence-corrected chi connectivity index (χ1v) is 47.0. The van der Waals surface area contributed by atoms with Gasteiger partial charge in [0, 0.05) is 11.8 Å². The molecule has 14 aliphatic rings. The van der Waals surface area contributed by atoms with E-state index < -0.39 is 372 Å². The largest absolute Gasteiger partial charge is 0.458 e. The molecule has 9 aliphatic heterocycles. The minimum absolute atomic E-state index is 0.00174. The van der Waals surface area contributed by atoms with Crippen molar-refractivity contribution in [3.63, 3.8) is 0 Å². The van der Waals surface area contributed by atoms with Crippen LogP contribution in [0, 0.1) is 50.2 Å². The van der Waals surface area contributed by atoms with Crippen molar-refractivity contribution in [1.29, 1.82) is 0 Å². The Morgan fingerprint density at radius 1 is 0.464 bits per heavy atom. The molecule has 0 aromatic carbocycles. The van der Waals surface area contributed by atoms with Crippen LogP contribution < -0.4 is 0 Å². The van der Waals surface area contributed by atoms with E-state index >= 15 is 4.79 Å². The SMILES string of the molecule is C=CC(C)(CCC=C(CO)C(=O)OC1CC2(C(=O)OC3OC(O)C(O)C(O)C3OC3OC(C)C(OC4OC(O)C(O)C4O)C(OC4OC(O)C(O)C(O)C4O)C3O)C(O)CC3(C)C(=CCC4C5(C)CCC(OC6OC(COC7OC(C)C(O)C(O)C7OC7OCC(O)C(O)C7O)C(O)C(O)C6OOC6OC(CO)C(O)C(O)C6O)C(C)(C)C5CCC43C)C2CC1(C)C)OC1OC(C)C(O)C(O)C1O. The van der Waals surface area contributed by atoms with Crippen LogP contribution in [0.4, 0.5) is 0 Å². The molecule has 9 heterocycles. The van der Waals surface area contributed by atoms with Crippen molar-refractivity contribution in [3.05, 3.63) is 36.0 Å². The van der Waals surface area contributed by atoms with E-state index in [2.05, 4.69) is 20.4 Å². The molecule has 9 saturated heterocycles. The number of aliphatic hydroxyl groups is 27. The molecule has 54 unspecified atom stereocenters. The molecule has 4 saturated carbocycles. The maximum Gasteiger partial charge on any atom is 0.336 e. The van der Waals surface area contributed by atoms with E-state index in [9.17, 15) is 143 Å². The minimum Gasteiger partial charge on any atom is -0.458 e. The fourth-order valence-corrected chi connectivity index (χ4v) is 23.7. The first kappa shape index (κ1) is 110. The maximum atomic E-state index is 16.7. The fraction of sp³-hybridized carbons (Fsp3) is 0.910. The highest BCUT2D eigenvalue weighted by Gasteiger charge is 2.74. The number of aliphatic hydroxyl groups excluding tert-OH is 27. The third-order valence-corrected chi connectivity index (χ3v) is 32.6. The second kappa shape index (κ2) is 42.5. The molecule has 13 fully saturated rings. The number of ether oxygens (including phenoxy) is 18. The van der Waals surface area contributed by atoms with Gasteiger partial charge in [-0.05, 0) is 125 Å². The van der Waals surface area contributed by atoms with Gasteiger partial charge in [-0.25, -0.2) is 14.6 Å². The van der Waals surface area contributed by atoms with Crippen LogP contribution >= 0.6 is 0 Å². The number of rotatable bonds is 28. The van der Waals surface area contributed by atoms with E-state index in [1.807, 2.05) is 26.8 Å². The Morgan fingerprint density at radius 2 is 0.978 bits per heavy atom. The Hall–Kier alpha value is -3.64. The Labute approximate surface area is 793 Å². The minimum atomic E-state index is -2.41. The molecule has 49 heteroatoms. The lowest BCUT2D eigenvalue weighted by molar-refractivity contribution is -0.475. The highest BCUT2D eigenvalue weighted by Crippen LogP contribution is 2.76. The lowest BCUT2D eigenvalue weighted by atomic mass is 9.33. The Morgan fingerprint density at radius 3 is 1.61 bits per heavy atom. The van der Waals surface area contributed by atoms with Crippen molar-refractivity contribution in [3.8, 4) is 0 Å². The zero-order chi connectivity index (χ0) is 101. The lowest BCUT2D eigenvalue weighted by Crippen LogP contribution is -2.70. The Kier molecular flexibility index (Phi) is 33.9. The summed E-state index contributed by atoms with van der Waals surface area (Å²) in [4.78, 5) is 43.0. The molecule has 0 aromatic heterocycles. The fourth-order valence-electron chi connectivity index (χ4n) is 23.7. The van der Waals surface area contributed by atoms with Gasteiger partial charge >= 0.3 is 11.9 Å². The zero-order valence-electron chi connectivity index (χ0n) is 78.2. The van der Waals surface area contributed by atoms with E-state index in [4.69, 9.17) is 95.0 Å². The number of allylic oxidation sites excluding steroid dienone is 3. The van der Waals surface area contributed by atoms with Crippen LogP contribution in [0.15, 0.2) is 36.0 Å². The smallest absolute Gasteiger partial charge is 0.336 e. The second-order valence-electron chi connectivity index (χ2n) is 41.9. The van der Waals surface area contributed by atoms with E-state index in [-0.39, 0.29) is 49.5 Å². The molecule has 5 aliphatic carbocycles. The van der Waals surface area contributed by atoms with Gasteiger partial charge in [-0.2, -0.15) is 0 Å². The third kappa shape index (κ3) is 20.3. The highest BCUT2D eigenvalue weighted by atomic mass is 17.2. The van der Waals surface area contributed by atoms with Crippen LogP contribution in [-0.2, 0) is 105 Å². The summed E-state index contributed by atoms with van der Waals surface area (Å²) >= 11 is 0. The Bertz CT molecular complexity index is 4160. The topological polar surface area (TPSA) is 765 Å². The van der Waals surface area contributed by atoms with Crippen LogP contribution in [-0.4, -0.2) is 465 Å². The number of hydrogen-bond acceptors (Lipinski definition) is 49. The highest BCUT2D eigenvalue weighted by molar-refractivity contribution is 5.89. The van der Waals surface area contributed by atoms with Gasteiger partial charge in [-0.3, -0.25) is 4.79 Å². The molecular formula is C89H142O49. The maximum absolute atomic E-state index is 16.7. The molecule has 54 atom stereocenters. The molecule has 0 bridgehead atoms. The molecular weight excluding hydrogens is 1850 g/mol. The predicted molar refractivity (Wildman–Crippen MR) is 448 cm³/mol. The summed E-state index contributed by atoms with van der Waals surface area (Å²) < 4.78 is 108. The number of esters is 2. The van der Waals surface area contributed by atoms with Gasteiger partial charge in [0.1, 0.15) is 170 Å². The first-order chi connectivity index (χ1) is 64.6.